The minimum Gasteiger partial charge on any atom is -0.477 e. The largest absolute Gasteiger partial charge is 0.489 e. The summed E-state index contributed by atoms with van der Waals surface area (Å²) in [5.74, 6) is -1.84. The van der Waals surface area contributed by atoms with Crippen LogP contribution >= 0.6 is 0 Å². The van der Waals surface area contributed by atoms with Gasteiger partial charge in [-0.3, -0.25) is 4.57 Å². The molecule has 1 aromatic carbocycles. The molecule has 0 radical (unpaired) electrons. The Bertz CT molecular complexity index is 697. The van der Waals surface area contributed by atoms with Crippen molar-refractivity contribution in [1.82, 2.24) is 4.57 Å². The SMILES string of the molecule is O=C(O)c1c(-c2ccc(C(F)(F)F)cc2)ccn1C(F)(F)F. The number of rotatable bonds is 2. The molecule has 1 heterocycles. The predicted octanol–water partition coefficient (Wildman–Crippen LogP) is 4.35. The lowest BCUT2D eigenvalue weighted by Crippen LogP contribution is -2.21. The number of carboxylic acid groups (broad SMARTS) is 1. The number of carbonyl (C=O) groups is 1. The van der Waals surface area contributed by atoms with Gasteiger partial charge in [-0.1, -0.05) is 12.1 Å². The fourth-order valence-corrected chi connectivity index (χ4v) is 1.93. The molecule has 2 aromatic rings. The van der Waals surface area contributed by atoms with E-state index in [1.807, 2.05) is 0 Å². The Morgan fingerprint density at radius 3 is 1.91 bits per heavy atom. The van der Waals surface area contributed by atoms with E-state index in [9.17, 15) is 31.1 Å². The van der Waals surface area contributed by atoms with Crippen molar-refractivity contribution in [1.29, 1.82) is 0 Å². The maximum Gasteiger partial charge on any atom is 0.489 e. The predicted molar refractivity (Wildman–Crippen MR) is 63.1 cm³/mol. The Hall–Kier alpha value is -2.45. The lowest BCUT2D eigenvalue weighted by atomic mass is 10.0. The molecule has 0 aliphatic heterocycles. The molecular formula is C13H7F6NO2. The molecule has 0 fully saturated rings. The lowest BCUT2D eigenvalue weighted by molar-refractivity contribution is -0.204. The molecule has 118 valence electrons. The summed E-state index contributed by atoms with van der Waals surface area (Å²) in [6, 6.07) is 4.08. The first kappa shape index (κ1) is 15.9. The van der Waals surface area contributed by atoms with Crippen LogP contribution in [0.3, 0.4) is 0 Å². The van der Waals surface area contributed by atoms with Crippen molar-refractivity contribution in [3.63, 3.8) is 0 Å². The van der Waals surface area contributed by atoms with Crippen LogP contribution in [-0.2, 0) is 12.5 Å². The molecule has 1 N–H and O–H groups in total. The molecule has 1 aromatic heterocycles. The second-order valence-electron chi connectivity index (χ2n) is 4.30. The lowest BCUT2D eigenvalue weighted by Gasteiger charge is -2.11. The van der Waals surface area contributed by atoms with Crippen LogP contribution in [0.5, 0.6) is 0 Å². The van der Waals surface area contributed by atoms with Gasteiger partial charge in [-0.15, -0.1) is 13.2 Å². The summed E-state index contributed by atoms with van der Waals surface area (Å²) in [6.45, 7) is 0. The molecular weight excluding hydrogens is 316 g/mol. The fraction of sp³-hybridized carbons (Fsp3) is 0.154. The maximum atomic E-state index is 12.7. The summed E-state index contributed by atoms with van der Waals surface area (Å²) in [4.78, 5) is 11.0. The molecule has 0 atom stereocenters. The second kappa shape index (κ2) is 5.08. The second-order valence-corrected chi connectivity index (χ2v) is 4.30. The first-order chi connectivity index (χ1) is 10.0. The first-order valence-electron chi connectivity index (χ1n) is 5.71. The Morgan fingerprint density at radius 1 is 0.955 bits per heavy atom. The van der Waals surface area contributed by atoms with Crippen LogP contribution in [0.2, 0.25) is 0 Å². The molecule has 22 heavy (non-hydrogen) atoms. The zero-order chi connectivity index (χ0) is 16.7. The zero-order valence-corrected chi connectivity index (χ0v) is 10.5. The number of hydrogen-bond donors (Lipinski definition) is 1. The Balaban J connectivity index is 2.54. The average Bonchev–Trinajstić information content (AvgIpc) is 2.82. The van der Waals surface area contributed by atoms with Crippen molar-refractivity contribution in [3.8, 4) is 11.1 Å². The van der Waals surface area contributed by atoms with Crippen molar-refractivity contribution in [2.24, 2.45) is 0 Å². The van der Waals surface area contributed by atoms with Gasteiger partial charge in [-0.2, -0.15) is 13.2 Å². The summed E-state index contributed by atoms with van der Waals surface area (Å²) in [6.07, 6.45) is -9.03. The Kier molecular flexibility index (Phi) is 3.68. The van der Waals surface area contributed by atoms with Gasteiger partial charge >= 0.3 is 18.4 Å². The molecule has 0 unspecified atom stereocenters. The molecule has 2 rings (SSSR count). The third-order valence-corrected chi connectivity index (χ3v) is 2.89. The van der Waals surface area contributed by atoms with Crippen molar-refractivity contribution in [2.75, 3.05) is 0 Å². The number of halogens is 6. The highest BCUT2D eigenvalue weighted by Crippen LogP contribution is 2.34. The van der Waals surface area contributed by atoms with Gasteiger partial charge in [0.1, 0.15) is 5.69 Å². The minimum absolute atomic E-state index is 0.0617. The number of aromatic carboxylic acids is 1. The topological polar surface area (TPSA) is 42.2 Å². The van der Waals surface area contributed by atoms with Gasteiger partial charge in [0.15, 0.2) is 0 Å². The van der Waals surface area contributed by atoms with Crippen LogP contribution in [0, 0.1) is 0 Å². The molecule has 0 bridgehead atoms. The molecule has 0 spiro atoms. The minimum atomic E-state index is -4.95. The van der Waals surface area contributed by atoms with Crippen LogP contribution in [0.1, 0.15) is 16.1 Å². The van der Waals surface area contributed by atoms with Crippen LogP contribution in [0.25, 0.3) is 11.1 Å². The molecule has 0 amide bonds. The molecule has 0 aliphatic carbocycles. The van der Waals surface area contributed by atoms with Gasteiger partial charge in [-0.05, 0) is 23.8 Å². The van der Waals surface area contributed by atoms with E-state index in [4.69, 9.17) is 5.11 Å². The first-order valence-corrected chi connectivity index (χ1v) is 5.71. The molecule has 9 heteroatoms. The van der Waals surface area contributed by atoms with Crippen molar-refractivity contribution in [2.45, 2.75) is 12.5 Å². The molecule has 0 saturated heterocycles. The van der Waals surface area contributed by atoms with Crippen LogP contribution in [0.15, 0.2) is 36.5 Å². The summed E-state index contributed by atoms with van der Waals surface area (Å²) in [5, 5.41) is 8.94. The van der Waals surface area contributed by atoms with Gasteiger partial charge in [0.2, 0.25) is 0 Å². The van der Waals surface area contributed by atoms with E-state index in [1.54, 1.807) is 0 Å². The molecule has 3 nitrogen and oxygen atoms in total. The van der Waals surface area contributed by atoms with Crippen LogP contribution < -0.4 is 0 Å². The quantitative estimate of drug-likeness (QED) is 0.835. The number of carboxylic acids is 1. The van der Waals surface area contributed by atoms with Crippen LogP contribution in [-0.4, -0.2) is 15.6 Å². The number of aromatic nitrogens is 1. The Morgan fingerprint density at radius 2 is 1.50 bits per heavy atom. The van der Waals surface area contributed by atoms with Gasteiger partial charge < -0.3 is 5.11 Å². The number of benzene rings is 1. The van der Waals surface area contributed by atoms with Gasteiger partial charge in [-0.25, -0.2) is 4.79 Å². The normalized spacial score (nSPS) is 12.5. The fourth-order valence-electron chi connectivity index (χ4n) is 1.93. The number of hydrogen-bond acceptors (Lipinski definition) is 1. The average molecular weight is 323 g/mol. The summed E-state index contributed by atoms with van der Waals surface area (Å²) in [5.41, 5.74) is -2.43. The molecule has 0 aliphatic rings. The third kappa shape index (κ3) is 2.92. The molecule has 0 saturated carbocycles. The van der Waals surface area contributed by atoms with Crippen molar-refractivity contribution >= 4 is 5.97 Å². The highest BCUT2D eigenvalue weighted by atomic mass is 19.4. The van der Waals surface area contributed by atoms with E-state index in [1.165, 1.54) is 0 Å². The highest BCUT2D eigenvalue weighted by molar-refractivity contribution is 5.94. The van der Waals surface area contributed by atoms with Crippen molar-refractivity contribution < 1.29 is 36.2 Å². The zero-order valence-electron chi connectivity index (χ0n) is 10.5. The summed E-state index contributed by atoms with van der Waals surface area (Å²) >= 11 is 0. The maximum absolute atomic E-state index is 12.7. The smallest absolute Gasteiger partial charge is 0.477 e. The monoisotopic (exact) mass is 323 g/mol. The Labute approximate surface area is 119 Å². The van der Waals surface area contributed by atoms with Gasteiger partial charge in [0.25, 0.3) is 0 Å². The van der Waals surface area contributed by atoms with E-state index in [0.29, 0.717) is 18.3 Å². The van der Waals surface area contributed by atoms with E-state index in [-0.39, 0.29) is 11.1 Å². The van der Waals surface area contributed by atoms with Crippen molar-refractivity contribution in [3.05, 3.63) is 47.8 Å². The van der Waals surface area contributed by atoms with E-state index in [2.05, 4.69) is 0 Å². The summed E-state index contributed by atoms with van der Waals surface area (Å²) < 4.78 is 75.1. The summed E-state index contributed by atoms with van der Waals surface area (Å²) in [7, 11) is 0. The number of nitrogens with zero attached hydrogens (tertiary/aromatic N) is 1. The van der Waals surface area contributed by atoms with Gasteiger partial charge in [0.05, 0.1) is 5.56 Å². The highest BCUT2D eigenvalue weighted by Gasteiger charge is 2.36. The van der Waals surface area contributed by atoms with Gasteiger partial charge in [0, 0.05) is 11.8 Å². The van der Waals surface area contributed by atoms with Crippen LogP contribution in [0.4, 0.5) is 26.3 Å². The third-order valence-electron chi connectivity index (χ3n) is 2.89. The van der Waals surface area contributed by atoms with E-state index < -0.39 is 34.3 Å². The van der Waals surface area contributed by atoms with E-state index >= 15 is 0 Å². The standard InChI is InChI=1S/C13H7F6NO2/c14-12(15,16)8-3-1-7(2-4-8)9-5-6-20(13(17,18)19)10(9)11(21)22/h1-6H,(H,21,22). The number of alkyl halides is 6. The van der Waals surface area contributed by atoms with E-state index in [0.717, 1.165) is 18.2 Å².